The number of carbonyl (C=O) groups excluding carboxylic acids is 2. The first-order valence-corrected chi connectivity index (χ1v) is 14.3. The molecule has 3 aromatic heterocycles. The summed E-state index contributed by atoms with van der Waals surface area (Å²) in [6, 6.07) is 10.9. The van der Waals surface area contributed by atoms with E-state index >= 15 is 0 Å². The molecule has 12 nitrogen and oxygen atoms in total. The van der Waals surface area contributed by atoms with E-state index in [2.05, 4.69) is 36.1 Å². The van der Waals surface area contributed by atoms with Gasteiger partial charge in [0.1, 0.15) is 11.5 Å². The number of nitrogens with one attached hydrogen (secondary N) is 2. The van der Waals surface area contributed by atoms with Gasteiger partial charge in [0.2, 0.25) is 12.1 Å². The smallest absolute Gasteiger partial charge is 0.310 e. The molecule has 4 aromatic rings. The number of aromatic nitrogens is 7. The molecule has 1 unspecified atom stereocenters. The number of ether oxygens (including phenoxy) is 1. The van der Waals surface area contributed by atoms with E-state index in [0.717, 1.165) is 16.7 Å². The Morgan fingerprint density at radius 3 is 2.43 bits per heavy atom. The number of rotatable bonds is 8. The fourth-order valence-corrected chi connectivity index (χ4v) is 4.32. The van der Waals surface area contributed by atoms with Gasteiger partial charge in [0.15, 0.2) is 0 Å². The molecule has 1 aromatic carbocycles. The first-order valence-electron chi connectivity index (χ1n) is 14.3. The van der Waals surface area contributed by atoms with Gasteiger partial charge in [-0.3, -0.25) is 14.3 Å². The molecule has 1 amide bonds. The van der Waals surface area contributed by atoms with E-state index in [-0.39, 0.29) is 17.8 Å². The predicted octanol–water partition coefficient (Wildman–Crippen LogP) is 4.56. The number of piperidine rings is 1. The molecule has 0 aliphatic carbocycles. The van der Waals surface area contributed by atoms with E-state index in [4.69, 9.17) is 4.74 Å². The molecule has 0 spiro atoms. The number of benzene rings is 1. The highest BCUT2D eigenvalue weighted by atomic mass is 16.6. The number of amides is 1. The third kappa shape index (κ3) is 7.64. The number of hydrogen-bond donors (Lipinski definition) is 2. The van der Waals surface area contributed by atoms with Crippen LogP contribution in [-0.4, -0.2) is 59.9 Å². The van der Waals surface area contributed by atoms with Crippen molar-refractivity contribution in [2.24, 2.45) is 13.0 Å². The molecule has 0 bridgehead atoms. The van der Waals surface area contributed by atoms with Gasteiger partial charge in [-0.05, 0) is 67.4 Å². The summed E-state index contributed by atoms with van der Waals surface area (Å²) in [7, 11) is 1.78. The van der Waals surface area contributed by atoms with Crippen molar-refractivity contribution in [3.8, 4) is 22.6 Å². The van der Waals surface area contributed by atoms with Crippen molar-refractivity contribution >= 4 is 17.7 Å². The van der Waals surface area contributed by atoms with Gasteiger partial charge in [0.05, 0.1) is 12.1 Å². The van der Waals surface area contributed by atoms with Crippen LogP contribution in [0.25, 0.3) is 22.6 Å². The lowest BCUT2D eigenvalue weighted by Crippen LogP contribution is -2.22. The monoisotopic (exact) mass is 573 g/mol. The van der Waals surface area contributed by atoms with Crippen molar-refractivity contribution in [3.05, 3.63) is 59.9 Å². The molecule has 12 heteroatoms. The molecular weight excluding hydrogens is 534 g/mol. The molecule has 1 fully saturated rings. The van der Waals surface area contributed by atoms with Crippen LogP contribution < -0.4 is 10.6 Å². The minimum Gasteiger partial charge on any atom is -0.438 e. The number of esters is 1. The van der Waals surface area contributed by atoms with Crippen LogP contribution >= 0.6 is 0 Å². The predicted molar refractivity (Wildman–Crippen MR) is 159 cm³/mol. The molecule has 4 heterocycles. The second kappa shape index (κ2) is 14.4. The Balaban J connectivity index is 0.000000600. The van der Waals surface area contributed by atoms with Gasteiger partial charge in [0.25, 0.3) is 5.91 Å². The van der Waals surface area contributed by atoms with Gasteiger partial charge in [-0.25, -0.2) is 4.98 Å². The number of anilines is 1. The summed E-state index contributed by atoms with van der Waals surface area (Å²) in [4.78, 5) is 30.3. The van der Waals surface area contributed by atoms with Crippen LogP contribution in [0.4, 0.5) is 5.82 Å². The van der Waals surface area contributed by atoms with Crippen LogP contribution in [0.1, 0.15) is 68.6 Å². The number of hydrogen-bond acceptors (Lipinski definition) is 9. The molecule has 1 atom stereocenters. The third-order valence-corrected chi connectivity index (χ3v) is 6.82. The summed E-state index contributed by atoms with van der Waals surface area (Å²) in [5.74, 6) is 0.0326. The Kier molecular flexibility index (Phi) is 10.5. The maximum Gasteiger partial charge on any atom is 0.310 e. The van der Waals surface area contributed by atoms with E-state index in [1.807, 2.05) is 38.1 Å². The second-order valence-corrected chi connectivity index (χ2v) is 10.4. The van der Waals surface area contributed by atoms with Gasteiger partial charge in [-0.1, -0.05) is 45.4 Å². The van der Waals surface area contributed by atoms with Crippen molar-refractivity contribution in [2.75, 3.05) is 18.4 Å². The topological polar surface area (TPSA) is 142 Å². The number of nitrogens with zero attached hydrogens (tertiary/aromatic N) is 7. The molecule has 222 valence electrons. The number of tetrazole rings is 1. The zero-order valence-electron chi connectivity index (χ0n) is 24.9. The third-order valence-electron chi connectivity index (χ3n) is 6.82. The van der Waals surface area contributed by atoms with E-state index in [1.165, 1.54) is 37.1 Å². The summed E-state index contributed by atoms with van der Waals surface area (Å²) in [5, 5.41) is 23.3. The first kappa shape index (κ1) is 30.5. The van der Waals surface area contributed by atoms with Crippen LogP contribution in [0, 0.1) is 12.8 Å². The quantitative estimate of drug-likeness (QED) is 0.290. The van der Waals surface area contributed by atoms with Crippen molar-refractivity contribution in [3.63, 3.8) is 0 Å². The molecule has 0 radical (unpaired) electrons. The SMILES string of the molecule is C1CCNCC1.CCC(OC(=O)C(C)C)n1nnc(-c2c(-c3ccc(C(=O)Nc4ncccc4C)cc3)cnn2C)n1. The largest absolute Gasteiger partial charge is 0.438 e. The van der Waals surface area contributed by atoms with Crippen molar-refractivity contribution in [2.45, 2.75) is 59.6 Å². The number of carbonyl (C=O) groups is 2. The summed E-state index contributed by atoms with van der Waals surface area (Å²) in [6.45, 7) is 9.80. The molecule has 0 saturated carbocycles. The first-order chi connectivity index (χ1) is 20.3. The Bertz CT molecular complexity index is 1460. The fourth-order valence-electron chi connectivity index (χ4n) is 4.32. The molecule has 1 saturated heterocycles. The summed E-state index contributed by atoms with van der Waals surface area (Å²) in [6.07, 6.45) is 7.40. The minimum absolute atomic E-state index is 0.249. The Morgan fingerprint density at radius 1 is 1.10 bits per heavy atom. The van der Waals surface area contributed by atoms with Crippen molar-refractivity contribution in [1.82, 2.24) is 40.3 Å². The van der Waals surface area contributed by atoms with Gasteiger partial charge >= 0.3 is 5.97 Å². The molecule has 1 aliphatic rings. The van der Waals surface area contributed by atoms with Crippen LogP contribution in [0.5, 0.6) is 0 Å². The Hall–Kier alpha value is -4.45. The van der Waals surface area contributed by atoms with Crippen LogP contribution in [0.15, 0.2) is 48.8 Å². The Labute approximate surface area is 245 Å². The average Bonchev–Trinajstić information content (AvgIpc) is 3.64. The van der Waals surface area contributed by atoms with Gasteiger partial charge < -0.3 is 15.4 Å². The zero-order valence-corrected chi connectivity index (χ0v) is 24.9. The van der Waals surface area contributed by atoms with Crippen LogP contribution in [0.2, 0.25) is 0 Å². The Morgan fingerprint density at radius 2 is 1.83 bits per heavy atom. The highest BCUT2D eigenvalue weighted by Crippen LogP contribution is 2.30. The minimum atomic E-state index is -0.654. The second-order valence-electron chi connectivity index (χ2n) is 10.4. The van der Waals surface area contributed by atoms with E-state index < -0.39 is 6.23 Å². The lowest BCUT2D eigenvalue weighted by molar-refractivity contribution is -0.159. The summed E-state index contributed by atoms with van der Waals surface area (Å²) >= 11 is 0. The van der Waals surface area contributed by atoms with Gasteiger partial charge in [-0.2, -0.15) is 5.10 Å². The maximum absolute atomic E-state index is 12.7. The van der Waals surface area contributed by atoms with E-state index in [9.17, 15) is 9.59 Å². The number of aryl methyl sites for hydroxylation is 2. The van der Waals surface area contributed by atoms with Gasteiger partial charge in [0, 0.05) is 30.8 Å². The molecular formula is C30H39N9O3. The normalized spacial score (nSPS) is 13.7. The lowest BCUT2D eigenvalue weighted by Gasteiger charge is -2.15. The maximum atomic E-state index is 12.7. The standard InChI is InChI=1S/C25H28N8O3.C5H11N/c1-6-20(36-25(35)15(2)3)33-30-23(29-31-33)21-19(14-27-32(21)5)17-9-11-18(12-10-17)24(34)28-22-16(4)8-7-13-26-22;1-2-4-6-5-3-1/h7-15,20H,6H2,1-5H3,(H,26,28,34);6H,1-5H2. The van der Waals surface area contributed by atoms with Crippen LogP contribution in [-0.2, 0) is 16.6 Å². The average molecular weight is 574 g/mol. The molecule has 1 aliphatic heterocycles. The van der Waals surface area contributed by atoms with Crippen molar-refractivity contribution in [1.29, 1.82) is 0 Å². The van der Waals surface area contributed by atoms with Gasteiger partial charge in [-0.15, -0.1) is 15.0 Å². The fraction of sp³-hybridized carbons (Fsp3) is 0.433. The summed E-state index contributed by atoms with van der Waals surface area (Å²) < 4.78 is 7.16. The van der Waals surface area contributed by atoms with E-state index in [1.54, 1.807) is 50.1 Å². The molecule has 2 N–H and O–H groups in total. The highest BCUT2D eigenvalue weighted by Gasteiger charge is 2.23. The zero-order chi connectivity index (χ0) is 30.1. The highest BCUT2D eigenvalue weighted by molar-refractivity contribution is 6.04. The van der Waals surface area contributed by atoms with E-state index in [0.29, 0.717) is 29.3 Å². The molecule has 42 heavy (non-hydrogen) atoms. The number of pyridine rings is 1. The molecule has 5 rings (SSSR count). The summed E-state index contributed by atoms with van der Waals surface area (Å²) in [5.41, 5.74) is 3.63. The van der Waals surface area contributed by atoms with Crippen molar-refractivity contribution < 1.29 is 14.3 Å². The van der Waals surface area contributed by atoms with Crippen LogP contribution in [0.3, 0.4) is 0 Å². The lowest BCUT2D eigenvalue weighted by atomic mass is 10.0.